The van der Waals surface area contributed by atoms with Gasteiger partial charge in [0.15, 0.2) is 0 Å². The van der Waals surface area contributed by atoms with E-state index < -0.39 is 23.3 Å². The number of hydrogen-bond acceptors (Lipinski definition) is 6. The van der Waals surface area contributed by atoms with Crippen molar-refractivity contribution >= 4 is 28.7 Å². The van der Waals surface area contributed by atoms with Gasteiger partial charge in [0.2, 0.25) is 0 Å². The average Bonchev–Trinajstić information content (AvgIpc) is 2.64. The summed E-state index contributed by atoms with van der Waals surface area (Å²) in [4.78, 5) is 36.2. The highest BCUT2D eigenvalue weighted by molar-refractivity contribution is 5.92. The first-order valence-electron chi connectivity index (χ1n) is 9.41. The summed E-state index contributed by atoms with van der Waals surface area (Å²) in [6.07, 6.45) is -0.620. The van der Waals surface area contributed by atoms with Gasteiger partial charge in [-0.15, -0.1) is 0 Å². The molecule has 0 aliphatic heterocycles. The molecule has 0 spiro atoms. The van der Waals surface area contributed by atoms with E-state index in [9.17, 15) is 14.4 Å². The lowest BCUT2D eigenvalue weighted by atomic mass is 10.1. The first-order valence-corrected chi connectivity index (χ1v) is 9.41. The smallest absolute Gasteiger partial charge is 0.412 e. The predicted octanol–water partition coefficient (Wildman–Crippen LogP) is 4.81. The predicted molar refractivity (Wildman–Crippen MR) is 113 cm³/mol. The molecule has 7 nitrogen and oxygen atoms in total. The maximum absolute atomic E-state index is 12.5. The molecule has 3 aromatic rings. The van der Waals surface area contributed by atoms with E-state index in [0.29, 0.717) is 22.2 Å². The minimum absolute atomic E-state index is 0.0896. The van der Waals surface area contributed by atoms with Gasteiger partial charge in [-0.25, -0.2) is 14.4 Å². The summed E-state index contributed by atoms with van der Waals surface area (Å²) in [5, 5.41) is 3.28. The molecule has 3 rings (SSSR count). The lowest BCUT2D eigenvalue weighted by molar-refractivity contribution is 0.0473. The second kappa shape index (κ2) is 8.41. The molecule has 1 aromatic heterocycles. The van der Waals surface area contributed by atoms with E-state index in [1.807, 2.05) is 19.1 Å². The van der Waals surface area contributed by atoms with Crippen LogP contribution in [-0.2, 0) is 16.1 Å². The summed E-state index contributed by atoms with van der Waals surface area (Å²) in [6, 6.07) is 13.1. The van der Waals surface area contributed by atoms with Gasteiger partial charge in [-0.3, -0.25) is 5.32 Å². The van der Waals surface area contributed by atoms with Gasteiger partial charge in [-0.1, -0.05) is 18.2 Å². The Morgan fingerprint density at radius 2 is 1.83 bits per heavy atom. The van der Waals surface area contributed by atoms with Crippen molar-refractivity contribution in [1.82, 2.24) is 0 Å². The second-order valence-electron chi connectivity index (χ2n) is 7.87. The number of ether oxygens (including phenoxy) is 2. The molecule has 1 N–H and O–H groups in total. The van der Waals surface area contributed by atoms with Crippen LogP contribution in [0.1, 0.15) is 42.3 Å². The highest BCUT2D eigenvalue weighted by Crippen LogP contribution is 2.20. The van der Waals surface area contributed by atoms with Crippen LogP contribution < -0.4 is 10.9 Å². The van der Waals surface area contributed by atoms with Crippen molar-refractivity contribution in [3.8, 4) is 0 Å². The maximum Gasteiger partial charge on any atom is 0.412 e. The molecule has 30 heavy (non-hydrogen) atoms. The van der Waals surface area contributed by atoms with Crippen molar-refractivity contribution in [2.75, 3.05) is 5.32 Å². The fourth-order valence-electron chi connectivity index (χ4n) is 2.83. The molecular formula is C23H23NO6. The zero-order chi connectivity index (χ0) is 21.9. The summed E-state index contributed by atoms with van der Waals surface area (Å²) >= 11 is 0. The van der Waals surface area contributed by atoms with Crippen molar-refractivity contribution in [2.24, 2.45) is 0 Å². The van der Waals surface area contributed by atoms with Gasteiger partial charge >= 0.3 is 17.7 Å². The van der Waals surface area contributed by atoms with Crippen LogP contribution in [0.4, 0.5) is 10.5 Å². The SMILES string of the molecule is Cc1ccc2c(COC(=O)c3cccc(NC(=O)OC(C)(C)C)c3)cc(=O)oc2c1. The van der Waals surface area contributed by atoms with Gasteiger partial charge in [0.05, 0.1) is 5.56 Å². The Morgan fingerprint density at radius 3 is 2.57 bits per heavy atom. The largest absolute Gasteiger partial charge is 0.457 e. The molecule has 1 amide bonds. The minimum atomic E-state index is -0.635. The number of hydrogen-bond donors (Lipinski definition) is 1. The van der Waals surface area contributed by atoms with Gasteiger partial charge in [0, 0.05) is 22.7 Å². The van der Waals surface area contributed by atoms with Crippen molar-refractivity contribution in [1.29, 1.82) is 0 Å². The van der Waals surface area contributed by atoms with Crippen LogP contribution in [0.15, 0.2) is 57.7 Å². The number of carbonyl (C=O) groups excluding carboxylic acids is 2. The van der Waals surface area contributed by atoms with Crippen molar-refractivity contribution in [3.63, 3.8) is 0 Å². The number of nitrogens with one attached hydrogen (secondary N) is 1. The summed E-state index contributed by atoms with van der Waals surface area (Å²) in [5.74, 6) is -0.587. The number of benzene rings is 2. The minimum Gasteiger partial charge on any atom is -0.457 e. The van der Waals surface area contributed by atoms with Crippen LogP contribution in [0.25, 0.3) is 11.0 Å². The molecule has 0 bridgehead atoms. The number of esters is 1. The Balaban J connectivity index is 1.72. The molecular weight excluding hydrogens is 386 g/mol. The number of amides is 1. The molecule has 0 aliphatic carbocycles. The van der Waals surface area contributed by atoms with Gasteiger partial charge in [0.25, 0.3) is 0 Å². The molecule has 156 valence electrons. The van der Waals surface area contributed by atoms with Gasteiger partial charge in [0.1, 0.15) is 17.8 Å². The van der Waals surface area contributed by atoms with Gasteiger partial charge in [-0.05, 0) is 57.5 Å². The summed E-state index contributed by atoms with van der Waals surface area (Å²) < 4.78 is 15.8. The third kappa shape index (κ3) is 5.47. The van der Waals surface area contributed by atoms with E-state index in [1.165, 1.54) is 12.1 Å². The van der Waals surface area contributed by atoms with Crippen LogP contribution in [0.3, 0.4) is 0 Å². The second-order valence-corrected chi connectivity index (χ2v) is 7.87. The Kier molecular flexibility index (Phi) is 5.91. The quantitative estimate of drug-likeness (QED) is 0.491. The summed E-state index contributed by atoms with van der Waals surface area (Å²) in [5.41, 5.74) is 1.46. The Hall–Kier alpha value is -3.61. The normalized spacial score (nSPS) is 11.2. The summed E-state index contributed by atoms with van der Waals surface area (Å²) in [7, 11) is 0. The fraction of sp³-hybridized carbons (Fsp3) is 0.261. The van der Waals surface area contributed by atoms with Crippen LogP contribution in [-0.4, -0.2) is 17.7 Å². The van der Waals surface area contributed by atoms with Crippen LogP contribution >= 0.6 is 0 Å². The number of anilines is 1. The monoisotopic (exact) mass is 409 g/mol. The lowest BCUT2D eigenvalue weighted by Crippen LogP contribution is -2.27. The van der Waals surface area contributed by atoms with Crippen LogP contribution in [0.5, 0.6) is 0 Å². The molecule has 0 fully saturated rings. The number of aryl methyl sites for hydroxylation is 1. The van der Waals surface area contributed by atoms with Crippen molar-refractivity contribution in [3.05, 3.63) is 75.6 Å². The molecule has 2 aromatic carbocycles. The summed E-state index contributed by atoms with van der Waals surface area (Å²) in [6.45, 7) is 7.08. The third-order valence-electron chi connectivity index (χ3n) is 4.09. The Labute approximate surface area is 173 Å². The number of fused-ring (bicyclic) bond motifs is 1. The Bertz CT molecular complexity index is 1160. The molecule has 7 heteroatoms. The van der Waals surface area contributed by atoms with E-state index in [-0.39, 0.29) is 12.2 Å². The van der Waals surface area contributed by atoms with Gasteiger partial charge in [-0.2, -0.15) is 0 Å². The molecule has 0 atom stereocenters. The number of rotatable bonds is 4. The van der Waals surface area contributed by atoms with Crippen LogP contribution in [0.2, 0.25) is 0 Å². The lowest BCUT2D eigenvalue weighted by Gasteiger charge is -2.19. The zero-order valence-electron chi connectivity index (χ0n) is 17.3. The third-order valence-corrected chi connectivity index (χ3v) is 4.09. The molecule has 0 saturated heterocycles. The van der Waals surface area contributed by atoms with E-state index in [2.05, 4.69) is 5.32 Å². The van der Waals surface area contributed by atoms with E-state index in [4.69, 9.17) is 13.9 Å². The first-order chi connectivity index (χ1) is 14.1. The van der Waals surface area contributed by atoms with E-state index in [1.54, 1.807) is 45.0 Å². The van der Waals surface area contributed by atoms with Crippen molar-refractivity contribution < 1.29 is 23.5 Å². The molecule has 0 aliphatic rings. The number of carbonyl (C=O) groups is 2. The van der Waals surface area contributed by atoms with Gasteiger partial charge < -0.3 is 13.9 Å². The molecule has 0 radical (unpaired) electrons. The molecule has 0 saturated carbocycles. The Morgan fingerprint density at radius 1 is 1.07 bits per heavy atom. The highest BCUT2D eigenvalue weighted by atomic mass is 16.6. The van der Waals surface area contributed by atoms with E-state index >= 15 is 0 Å². The van der Waals surface area contributed by atoms with E-state index in [0.717, 1.165) is 5.56 Å². The maximum atomic E-state index is 12.5. The topological polar surface area (TPSA) is 94.8 Å². The molecule has 0 unspecified atom stereocenters. The van der Waals surface area contributed by atoms with Crippen molar-refractivity contribution in [2.45, 2.75) is 39.9 Å². The van der Waals surface area contributed by atoms with Crippen LogP contribution in [0, 0.1) is 6.92 Å². The first kappa shape index (κ1) is 21.1. The fourth-order valence-corrected chi connectivity index (χ4v) is 2.83. The molecule has 1 heterocycles. The zero-order valence-corrected chi connectivity index (χ0v) is 17.3. The average molecular weight is 409 g/mol. The standard InChI is InChI=1S/C23H23NO6/c1-14-8-9-18-16(12-20(25)29-19(18)10-14)13-28-21(26)15-6-5-7-17(11-15)24-22(27)30-23(2,3)4/h5-12H,13H2,1-4H3,(H,24,27). The highest BCUT2D eigenvalue weighted by Gasteiger charge is 2.17.